The topological polar surface area (TPSA) is 61.9 Å². The van der Waals surface area contributed by atoms with Gasteiger partial charge in [0.1, 0.15) is 0 Å². The second kappa shape index (κ2) is 5.87. The number of aryl methyl sites for hydroxylation is 1. The summed E-state index contributed by atoms with van der Waals surface area (Å²) < 4.78 is 1.88. The molecule has 1 aliphatic heterocycles. The normalized spacial score (nSPS) is 16.4. The first kappa shape index (κ1) is 13.6. The van der Waals surface area contributed by atoms with E-state index in [1.807, 2.05) is 16.5 Å². The third kappa shape index (κ3) is 2.78. The van der Waals surface area contributed by atoms with Gasteiger partial charge in [-0.05, 0) is 26.2 Å². The van der Waals surface area contributed by atoms with Crippen LogP contribution in [-0.4, -0.2) is 33.7 Å². The monoisotopic (exact) mass is 260 g/mol. The maximum Gasteiger partial charge on any atom is 0.257 e. The van der Waals surface area contributed by atoms with Crippen molar-refractivity contribution in [1.29, 1.82) is 5.26 Å². The summed E-state index contributed by atoms with van der Waals surface area (Å²) in [5.74, 6) is 0.157. The zero-order valence-electron chi connectivity index (χ0n) is 11.6. The molecule has 0 N–H and O–H groups in total. The second-order valence-corrected chi connectivity index (χ2v) is 5.06. The lowest BCUT2D eigenvalue weighted by atomic mass is 9.98. The average molecular weight is 260 g/mol. The van der Waals surface area contributed by atoms with E-state index in [9.17, 15) is 4.79 Å². The largest absolute Gasteiger partial charge is 0.338 e. The third-order valence-corrected chi connectivity index (χ3v) is 3.73. The fourth-order valence-corrected chi connectivity index (χ4v) is 2.48. The Labute approximate surface area is 113 Å². The minimum atomic E-state index is 0.0521. The number of carbonyl (C=O) groups is 1. The molecule has 0 spiro atoms. The molecule has 1 fully saturated rings. The maximum absolute atomic E-state index is 12.4. The number of rotatable bonds is 3. The van der Waals surface area contributed by atoms with Crippen LogP contribution >= 0.6 is 0 Å². The molecule has 0 bridgehead atoms. The van der Waals surface area contributed by atoms with Crippen molar-refractivity contribution >= 4 is 5.91 Å². The molecule has 0 aromatic carbocycles. The molecule has 1 saturated heterocycles. The Morgan fingerprint density at radius 2 is 2.21 bits per heavy atom. The molecular formula is C14H20N4O. The maximum atomic E-state index is 12.4. The van der Waals surface area contributed by atoms with Crippen molar-refractivity contribution in [1.82, 2.24) is 14.7 Å². The highest BCUT2D eigenvalue weighted by Crippen LogP contribution is 2.19. The van der Waals surface area contributed by atoms with Gasteiger partial charge in [-0.3, -0.25) is 9.48 Å². The van der Waals surface area contributed by atoms with Crippen molar-refractivity contribution in [3.05, 3.63) is 17.5 Å². The zero-order valence-corrected chi connectivity index (χ0v) is 11.6. The van der Waals surface area contributed by atoms with Gasteiger partial charge in [0.25, 0.3) is 5.91 Å². The van der Waals surface area contributed by atoms with Crippen molar-refractivity contribution in [2.75, 3.05) is 13.1 Å². The Balaban J connectivity index is 2.06. The Morgan fingerprint density at radius 3 is 2.79 bits per heavy atom. The van der Waals surface area contributed by atoms with E-state index >= 15 is 0 Å². The Kier molecular flexibility index (Phi) is 4.20. The zero-order chi connectivity index (χ0) is 13.8. The van der Waals surface area contributed by atoms with Gasteiger partial charge in [-0.25, -0.2) is 0 Å². The summed E-state index contributed by atoms with van der Waals surface area (Å²) in [5, 5.41) is 13.1. The van der Waals surface area contributed by atoms with E-state index in [0.29, 0.717) is 18.7 Å². The third-order valence-electron chi connectivity index (χ3n) is 3.73. The van der Waals surface area contributed by atoms with E-state index in [0.717, 1.165) is 31.5 Å². The van der Waals surface area contributed by atoms with E-state index in [4.69, 9.17) is 5.26 Å². The first-order valence-corrected chi connectivity index (χ1v) is 6.88. The van der Waals surface area contributed by atoms with Gasteiger partial charge in [0, 0.05) is 31.2 Å². The van der Waals surface area contributed by atoms with Crippen LogP contribution < -0.4 is 0 Å². The van der Waals surface area contributed by atoms with Crippen LogP contribution in [0, 0.1) is 24.2 Å². The molecule has 1 aromatic heterocycles. The number of hydrogen-bond donors (Lipinski definition) is 0. The van der Waals surface area contributed by atoms with E-state index < -0.39 is 0 Å². The number of amides is 1. The molecule has 5 heteroatoms. The molecule has 19 heavy (non-hydrogen) atoms. The summed E-state index contributed by atoms with van der Waals surface area (Å²) in [4.78, 5) is 14.3. The molecule has 5 nitrogen and oxygen atoms in total. The lowest BCUT2D eigenvalue weighted by molar-refractivity contribution is 0.0706. The van der Waals surface area contributed by atoms with Gasteiger partial charge < -0.3 is 4.90 Å². The fourth-order valence-electron chi connectivity index (χ4n) is 2.48. The van der Waals surface area contributed by atoms with Crippen LogP contribution in [0.3, 0.4) is 0 Å². The van der Waals surface area contributed by atoms with E-state index in [2.05, 4.69) is 18.1 Å². The summed E-state index contributed by atoms with van der Waals surface area (Å²) in [5.41, 5.74) is 1.64. The Hall–Kier alpha value is -1.83. The molecular weight excluding hydrogens is 240 g/mol. The smallest absolute Gasteiger partial charge is 0.257 e. The minimum Gasteiger partial charge on any atom is -0.338 e. The number of hydrogen-bond acceptors (Lipinski definition) is 3. The molecule has 2 rings (SSSR count). The number of likely N-dealkylation sites (tertiary alicyclic amines) is 1. The highest BCUT2D eigenvalue weighted by Gasteiger charge is 2.25. The standard InChI is InChI=1S/C14H20N4O/c1-3-6-18-11(2)13(10-16-18)14(19)17-7-4-12(9-15)5-8-17/h10,12H,3-8H2,1-2H3. The molecule has 1 amide bonds. The molecule has 1 aliphatic rings. The van der Waals surface area contributed by atoms with E-state index in [-0.39, 0.29) is 11.8 Å². The van der Waals surface area contributed by atoms with E-state index in [1.54, 1.807) is 6.20 Å². The van der Waals surface area contributed by atoms with Crippen LogP contribution in [-0.2, 0) is 6.54 Å². The van der Waals surface area contributed by atoms with Crippen molar-refractivity contribution in [3.8, 4) is 6.07 Å². The fraction of sp³-hybridized carbons (Fsp3) is 0.643. The van der Waals surface area contributed by atoms with Gasteiger partial charge in [0.05, 0.1) is 17.8 Å². The van der Waals surface area contributed by atoms with Crippen molar-refractivity contribution in [2.24, 2.45) is 5.92 Å². The molecule has 1 aromatic rings. The van der Waals surface area contributed by atoms with Crippen molar-refractivity contribution in [3.63, 3.8) is 0 Å². The summed E-state index contributed by atoms with van der Waals surface area (Å²) in [6.45, 7) is 6.23. The molecule has 0 atom stereocenters. The lowest BCUT2D eigenvalue weighted by Crippen LogP contribution is -2.38. The number of nitriles is 1. The van der Waals surface area contributed by atoms with Crippen LogP contribution in [0.1, 0.15) is 42.2 Å². The van der Waals surface area contributed by atoms with Gasteiger partial charge in [0.2, 0.25) is 0 Å². The van der Waals surface area contributed by atoms with Crippen molar-refractivity contribution < 1.29 is 4.79 Å². The highest BCUT2D eigenvalue weighted by molar-refractivity contribution is 5.95. The SMILES string of the molecule is CCCn1ncc(C(=O)N2CCC(C#N)CC2)c1C. The summed E-state index contributed by atoms with van der Waals surface area (Å²) in [6.07, 6.45) is 4.24. The molecule has 2 heterocycles. The first-order valence-electron chi connectivity index (χ1n) is 6.88. The van der Waals surface area contributed by atoms with Gasteiger partial charge in [-0.2, -0.15) is 10.4 Å². The van der Waals surface area contributed by atoms with Crippen LogP contribution in [0.2, 0.25) is 0 Å². The predicted octanol–water partition coefficient (Wildman–Crippen LogP) is 1.98. The minimum absolute atomic E-state index is 0.0521. The molecule has 0 aliphatic carbocycles. The second-order valence-electron chi connectivity index (χ2n) is 5.06. The first-order chi connectivity index (χ1) is 9.17. The summed E-state index contributed by atoms with van der Waals surface area (Å²) in [6, 6.07) is 2.28. The molecule has 0 radical (unpaired) electrons. The molecule has 102 valence electrons. The highest BCUT2D eigenvalue weighted by atomic mass is 16.2. The number of piperidine rings is 1. The quantitative estimate of drug-likeness (QED) is 0.834. The predicted molar refractivity (Wildman–Crippen MR) is 71.5 cm³/mol. The number of aromatic nitrogens is 2. The Morgan fingerprint density at radius 1 is 1.53 bits per heavy atom. The van der Waals surface area contributed by atoms with Gasteiger partial charge >= 0.3 is 0 Å². The Bertz CT molecular complexity index is 492. The van der Waals surface area contributed by atoms with Crippen LogP contribution in [0.15, 0.2) is 6.20 Å². The molecule has 0 unspecified atom stereocenters. The van der Waals surface area contributed by atoms with Crippen LogP contribution in [0.5, 0.6) is 0 Å². The van der Waals surface area contributed by atoms with Crippen LogP contribution in [0.4, 0.5) is 0 Å². The number of nitrogens with zero attached hydrogens (tertiary/aromatic N) is 4. The lowest BCUT2D eigenvalue weighted by Gasteiger charge is -2.29. The van der Waals surface area contributed by atoms with E-state index in [1.165, 1.54) is 0 Å². The van der Waals surface area contributed by atoms with Gasteiger partial charge in [-0.15, -0.1) is 0 Å². The summed E-state index contributed by atoms with van der Waals surface area (Å²) in [7, 11) is 0. The van der Waals surface area contributed by atoms with Crippen LogP contribution in [0.25, 0.3) is 0 Å². The van der Waals surface area contributed by atoms with Crippen molar-refractivity contribution in [2.45, 2.75) is 39.7 Å². The number of carbonyl (C=O) groups excluding carboxylic acids is 1. The van der Waals surface area contributed by atoms with Gasteiger partial charge in [0.15, 0.2) is 0 Å². The average Bonchev–Trinajstić information content (AvgIpc) is 2.80. The summed E-state index contributed by atoms with van der Waals surface area (Å²) >= 11 is 0. The molecule has 0 saturated carbocycles. The van der Waals surface area contributed by atoms with Gasteiger partial charge in [-0.1, -0.05) is 6.92 Å².